The zero-order chi connectivity index (χ0) is 19.7. The SMILES string of the molecule is Cc1cc2c(c(=O)n1CC[NH+](C)C)[C@@H](c1ccc(F)cc1)C(C#N)=C(N)O2. The van der Waals surface area contributed by atoms with E-state index >= 15 is 0 Å². The number of nitriles is 1. The van der Waals surface area contributed by atoms with E-state index in [1.807, 2.05) is 21.0 Å². The topological polar surface area (TPSA) is 85.5 Å². The molecule has 27 heavy (non-hydrogen) atoms. The Morgan fingerprint density at radius 2 is 2.00 bits per heavy atom. The molecule has 1 aromatic heterocycles. The number of fused-ring (bicyclic) bond motifs is 1. The third-order valence-electron chi connectivity index (χ3n) is 4.73. The summed E-state index contributed by atoms with van der Waals surface area (Å²) in [4.78, 5) is 14.5. The number of aromatic nitrogens is 1. The van der Waals surface area contributed by atoms with Crippen molar-refractivity contribution in [2.24, 2.45) is 5.73 Å². The summed E-state index contributed by atoms with van der Waals surface area (Å²) >= 11 is 0. The van der Waals surface area contributed by atoms with Crippen LogP contribution in [0.15, 0.2) is 46.6 Å². The number of nitrogens with one attached hydrogen (secondary N) is 1. The van der Waals surface area contributed by atoms with Gasteiger partial charge in [0.05, 0.1) is 38.7 Å². The largest absolute Gasteiger partial charge is 0.440 e. The second-order valence-corrected chi connectivity index (χ2v) is 6.95. The molecule has 0 bridgehead atoms. The molecule has 7 heteroatoms. The van der Waals surface area contributed by atoms with Crippen LogP contribution in [0.2, 0.25) is 0 Å². The molecule has 0 radical (unpaired) electrons. The number of hydrogen-bond acceptors (Lipinski definition) is 4. The van der Waals surface area contributed by atoms with Crippen LogP contribution in [0.3, 0.4) is 0 Å². The Labute approximate surface area is 156 Å². The van der Waals surface area contributed by atoms with Crippen molar-refractivity contribution >= 4 is 0 Å². The average Bonchev–Trinajstić information content (AvgIpc) is 2.61. The molecule has 0 fully saturated rings. The van der Waals surface area contributed by atoms with E-state index in [0.717, 1.165) is 12.2 Å². The lowest BCUT2D eigenvalue weighted by Gasteiger charge is -2.27. The quantitative estimate of drug-likeness (QED) is 0.829. The maximum atomic E-state index is 13.4. The van der Waals surface area contributed by atoms with Crippen LogP contribution in [-0.2, 0) is 6.54 Å². The van der Waals surface area contributed by atoms with Crippen LogP contribution in [0.25, 0.3) is 0 Å². The van der Waals surface area contributed by atoms with Gasteiger partial charge in [-0.1, -0.05) is 12.1 Å². The predicted molar refractivity (Wildman–Crippen MR) is 98.8 cm³/mol. The van der Waals surface area contributed by atoms with Crippen molar-refractivity contribution in [2.75, 3.05) is 20.6 Å². The Hall–Kier alpha value is -3.11. The summed E-state index contributed by atoms with van der Waals surface area (Å²) in [6.45, 7) is 3.14. The van der Waals surface area contributed by atoms with E-state index < -0.39 is 11.7 Å². The minimum absolute atomic E-state index is 0.0337. The zero-order valence-corrected chi connectivity index (χ0v) is 15.5. The Morgan fingerprint density at radius 1 is 1.33 bits per heavy atom. The maximum Gasteiger partial charge on any atom is 0.258 e. The second kappa shape index (κ2) is 7.25. The minimum atomic E-state index is -0.689. The number of nitrogens with zero attached hydrogens (tertiary/aromatic N) is 2. The van der Waals surface area contributed by atoms with Crippen LogP contribution in [0.5, 0.6) is 5.75 Å². The van der Waals surface area contributed by atoms with Crippen molar-refractivity contribution in [1.29, 1.82) is 5.26 Å². The summed E-state index contributed by atoms with van der Waals surface area (Å²) in [5, 5.41) is 9.61. The molecular weight excluding hydrogens is 347 g/mol. The Balaban J connectivity index is 2.22. The van der Waals surface area contributed by atoms with Gasteiger partial charge in [0, 0.05) is 11.8 Å². The van der Waals surface area contributed by atoms with E-state index in [0.29, 0.717) is 23.4 Å². The van der Waals surface area contributed by atoms with E-state index in [2.05, 4.69) is 6.07 Å². The second-order valence-electron chi connectivity index (χ2n) is 6.95. The first-order chi connectivity index (χ1) is 12.8. The lowest BCUT2D eigenvalue weighted by atomic mass is 9.84. The van der Waals surface area contributed by atoms with E-state index in [1.165, 1.54) is 17.0 Å². The summed E-state index contributed by atoms with van der Waals surface area (Å²) in [6, 6.07) is 9.55. The molecule has 1 aliphatic heterocycles. The summed E-state index contributed by atoms with van der Waals surface area (Å²) in [5.74, 6) is -0.771. The average molecular weight is 369 g/mol. The number of likely N-dealkylation sites (N-methyl/N-ethyl adjacent to an activating group) is 1. The van der Waals surface area contributed by atoms with Crippen LogP contribution in [0.4, 0.5) is 4.39 Å². The van der Waals surface area contributed by atoms with Gasteiger partial charge in [0.25, 0.3) is 5.56 Å². The van der Waals surface area contributed by atoms with Crippen LogP contribution in [0.1, 0.15) is 22.7 Å². The summed E-state index contributed by atoms with van der Waals surface area (Å²) < 4.78 is 20.7. The van der Waals surface area contributed by atoms with Crippen molar-refractivity contribution in [3.63, 3.8) is 0 Å². The molecule has 0 unspecified atom stereocenters. The number of ether oxygens (including phenoxy) is 1. The minimum Gasteiger partial charge on any atom is -0.440 e. The van der Waals surface area contributed by atoms with Gasteiger partial charge in [-0.25, -0.2) is 4.39 Å². The molecule has 1 aliphatic rings. The Kier molecular flexibility index (Phi) is 5.02. The van der Waals surface area contributed by atoms with Crippen molar-refractivity contribution in [3.8, 4) is 11.8 Å². The highest BCUT2D eigenvalue weighted by atomic mass is 19.1. The monoisotopic (exact) mass is 369 g/mol. The van der Waals surface area contributed by atoms with Crippen molar-refractivity contribution in [2.45, 2.75) is 19.4 Å². The fourth-order valence-electron chi connectivity index (χ4n) is 3.29. The van der Waals surface area contributed by atoms with Gasteiger partial charge in [-0.15, -0.1) is 0 Å². The standard InChI is InChI=1S/C20H21FN4O2/c1-12-10-16-18(20(26)25(12)9-8-24(2)3)17(15(11-22)19(23)27-16)13-4-6-14(21)7-5-13/h4-7,10,17H,8-9,23H2,1-3H3/p+1/t17-/m0/s1. The normalized spacial score (nSPS) is 16.1. The molecule has 2 aromatic rings. The molecule has 2 heterocycles. The summed E-state index contributed by atoms with van der Waals surface area (Å²) in [6.07, 6.45) is 0. The number of hydrogen-bond donors (Lipinski definition) is 2. The van der Waals surface area contributed by atoms with Gasteiger partial charge in [-0.2, -0.15) is 5.26 Å². The molecule has 1 aromatic carbocycles. The van der Waals surface area contributed by atoms with Crippen molar-refractivity contribution in [1.82, 2.24) is 4.57 Å². The third kappa shape index (κ3) is 3.44. The molecule has 3 N–H and O–H groups in total. The van der Waals surface area contributed by atoms with Gasteiger partial charge in [0.15, 0.2) is 0 Å². The van der Waals surface area contributed by atoms with E-state index in [1.54, 1.807) is 22.8 Å². The highest BCUT2D eigenvalue weighted by molar-refractivity contribution is 5.55. The maximum absolute atomic E-state index is 13.4. The lowest BCUT2D eigenvalue weighted by Crippen LogP contribution is -3.06. The molecule has 0 aliphatic carbocycles. The first-order valence-corrected chi connectivity index (χ1v) is 8.70. The molecule has 0 saturated heterocycles. The number of halogens is 1. The van der Waals surface area contributed by atoms with Crippen LogP contribution in [-0.4, -0.2) is 25.2 Å². The fraction of sp³-hybridized carbons (Fsp3) is 0.300. The van der Waals surface area contributed by atoms with E-state index in [9.17, 15) is 14.4 Å². The van der Waals surface area contributed by atoms with Crippen LogP contribution in [0, 0.1) is 24.1 Å². The van der Waals surface area contributed by atoms with Gasteiger partial charge in [0.1, 0.15) is 23.2 Å². The Morgan fingerprint density at radius 3 is 2.59 bits per heavy atom. The number of pyridine rings is 1. The third-order valence-corrected chi connectivity index (χ3v) is 4.73. The highest BCUT2D eigenvalue weighted by Crippen LogP contribution is 2.40. The fourth-order valence-corrected chi connectivity index (χ4v) is 3.29. The van der Waals surface area contributed by atoms with Gasteiger partial charge < -0.3 is 19.9 Å². The van der Waals surface area contributed by atoms with Crippen molar-refractivity contribution < 1.29 is 14.0 Å². The predicted octanol–water partition coefficient (Wildman–Crippen LogP) is 0.659. The number of allylic oxidation sites excluding steroid dienone is 1. The zero-order valence-electron chi connectivity index (χ0n) is 15.5. The molecule has 0 amide bonds. The first-order valence-electron chi connectivity index (χ1n) is 8.70. The molecule has 0 spiro atoms. The van der Waals surface area contributed by atoms with Gasteiger partial charge in [-0.05, 0) is 24.6 Å². The first kappa shape index (κ1) is 18.7. The molecule has 140 valence electrons. The smallest absolute Gasteiger partial charge is 0.258 e. The van der Waals surface area contributed by atoms with Gasteiger partial charge in [0.2, 0.25) is 5.88 Å². The number of nitrogens with two attached hydrogens (primary N) is 1. The molecule has 3 rings (SSSR count). The van der Waals surface area contributed by atoms with Crippen molar-refractivity contribution in [3.05, 3.63) is 74.8 Å². The van der Waals surface area contributed by atoms with Gasteiger partial charge in [-0.3, -0.25) is 4.79 Å². The van der Waals surface area contributed by atoms with Crippen LogP contribution < -0.4 is 20.9 Å². The molecule has 6 nitrogen and oxygen atoms in total. The highest BCUT2D eigenvalue weighted by Gasteiger charge is 2.34. The number of quaternary nitrogens is 1. The lowest BCUT2D eigenvalue weighted by molar-refractivity contribution is -0.858. The number of benzene rings is 1. The molecule has 1 atom stereocenters. The molecular formula is C20H22FN4O2+. The summed E-state index contributed by atoms with van der Waals surface area (Å²) in [7, 11) is 4.03. The summed E-state index contributed by atoms with van der Waals surface area (Å²) in [5.41, 5.74) is 7.60. The number of aryl methyl sites for hydroxylation is 1. The van der Waals surface area contributed by atoms with Gasteiger partial charge >= 0.3 is 0 Å². The molecule has 0 saturated carbocycles. The van der Waals surface area contributed by atoms with Crippen LogP contribution >= 0.6 is 0 Å². The van der Waals surface area contributed by atoms with E-state index in [-0.39, 0.29) is 17.0 Å². The number of rotatable bonds is 4. The van der Waals surface area contributed by atoms with E-state index in [4.69, 9.17) is 10.5 Å². The Bertz CT molecular complexity index is 1000.